The molecule has 0 saturated heterocycles. The zero-order chi connectivity index (χ0) is 16.7. The summed E-state index contributed by atoms with van der Waals surface area (Å²) in [6, 6.07) is 7.44. The van der Waals surface area contributed by atoms with Crippen molar-refractivity contribution in [2.75, 3.05) is 12.4 Å². The normalized spacial score (nSPS) is 20.8. The van der Waals surface area contributed by atoms with Crippen molar-refractivity contribution in [3.63, 3.8) is 0 Å². The SMILES string of the molecule is CCC1CCCC(NC(=O)C(=O)Nc2ccccc2COC)C1. The first-order valence-corrected chi connectivity index (χ1v) is 8.32. The van der Waals surface area contributed by atoms with Crippen molar-refractivity contribution >= 4 is 17.5 Å². The molecule has 0 aromatic heterocycles. The van der Waals surface area contributed by atoms with Gasteiger partial charge >= 0.3 is 11.8 Å². The van der Waals surface area contributed by atoms with E-state index < -0.39 is 11.8 Å². The Morgan fingerprint density at radius 3 is 2.74 bits per heavy atom. The van der Waals surface area contributed by atoms with Gasteiger partial charge in [0.15, 0.2) is 0 Å². The third-order valence-corrected chi connectivity index (χ3v) is 4.47. The highest BCUT2D eigenvalue weighted by Gasteiger charge is 2.24. The number of rotatable bonds is 5. The van der Waals surface area contributed by atoms with Crippen LogP contribution in [0, 0.1) is 5.92 Å². The molecule has 2 N–H and O–H groups in total. The minimum Gasteiger partial charge on any atom is -0.380 e. The highest BCUT2D eigenvalue weighted by Crippen LogP contribution is 2.26. The number of carbonyl (C=O) groups is 2. The van der Waals surface area contributed by atoms with Crippen LogP contribution in [0.2, 0.25) is 0 Å². The molecule has 0 aliphatic heterocycles. The molecule has 2 amide bonds. The van der Waals surface area contributed by atoms with Gasteiger partial charge in [-0.15, -0.1) is 0 Å². The Kier molecular flexibility index (Phi) is 6.59. The summed E-state index contributed by atoms with van der Waals surface area (Å²) in [7, 11) is 1.60. The van der Waals surface area contributed by atoms with Crippen LogP contribution in [0.4, 0.5) is 5.69 Å². The van der Waals surface area contributed by atoms with Gasteiger partial charge in [-0.25, -0.2) is 0 Å². The molecule has 1 aliphatic carbocycles. The van der Waals surface area contributed by atoms with E-state index in [0.29, 0.717) is 18.2 Å². The first-order chi connectivity index (χ1) is 11.1. The number of anilines is 1. The van der Waals surface area contributed by atoms with Gasteiger partial charge in [0.1, 0.15) is 0 Å². The third-order valence-electron chi connectivity index (χ3n) is 4.47. The van der Waals surface area contributed by atoms with Gasteiger partial charge in [-0.2, -0.15) is 0 Å². The Labute approximate surface area is 137 Å². The second-order valence-corrected chi connectivity index (χ2v) is 6.16. The predicted octanol–water partition coefficient (Wildman–Crippen LogP) is 2.86. The average molecular weight is 318 g/mol. The van der Waals surface area contributed by atoms with Crippen molar-refractivity contribution in [2.24, 2.45) is 5.92 Å². The predicted molar refractivity (Wildman–Crippen MR) is 90.0 cm³/mol. The molecule has 0 bridgehead atoms. The molecule has 1 aliphatic rings. The van der Waals surface area contributed by atoms with Crippen LogP contribution in [0.25, 0.3) is 0 Å². The van der Waals surface area contributed by atoms with Gasteiger partial charge in [-0.3, -0.25) is 9.59 Å². The number of carbonyl (C=O) groups excluding carboxylic acids is 2. The van der Waals surface area contributed by atoms with Crippen molar-refractivity contribution in [2.45, 2.75) is 51.7 Å². The molecule has 2 rings (SSSR count). The molecule has 1 aromatic rings. The molecule has 0 radical (unpaired) electrons. The van der Waals surface area contributed by atoms with E-state index in [1.54, 1.807) is 13.2 Å². The van der Waals surface area contributed by atoms with Crippen molar-refractivity contribution in [1.29, 1.82) is 0 Å². The summed E-state index contributed by atoms with van der Waals surface area (Å²) in [6.07, 6.45) is 5.38. The molecular weight excluding hydrogens is 292 g/mol. The fourth-order valence-electron chi connectivity index (χ4n) is 3.15. The van der Waals surface area contributed by atoms with Gasteiger partial charge in [0.2, 0.25) is 0 Å². The number of hydrogen-bond donors (Lipinski definition) is 2. The van der Waals surface area contributed by atoms with E-state index in [0.717, 1.165) is 31.2 Å². The van der Waals surface area contributed by atoms with Crippen LogP contribution >= 0.6 is 0 Å². The molecule has 2 atom stereocenters. The van der Waals surface area contributed by atoms with E-state index in [1.165, 1.54) is 6.42 Å². The standard InChI is InChI=1S/C18H26N2O3/c1-3-13-7-6-9-15(11-13)19-17(21)18(22)20-16-10-5-4-8-14(16)12-23-2/h4-5,8,10,13,15H,3,6-7,9,11-12H2,1-2H3,(H,19,21)(H,20,22). The molecule has 23 heavy (non-hydrogen) atoms. The zero-order valence-corrected chi connectivity index (χ0v) is 13.9. The topological polar surface area (TPSA) is 67.4 Å². The monoisotopic (exact) mass is 318 g/mol. The number of amides is 2. The van der Waals surface area contributed by atoms with Crippen molar-refractivity contribution in [1.82, 2.24) is 5.32 Å². The quantitative estimate of drug-likeness (QED) is 0.820. The van der Waals surface area contributed by atoms with Crippen LogP contribution in [-0.2, 0) is 20.9 Å². The Balaban J connectivity index is 1.91. The van der Waals surface area contributed by atoms with E-state index >= 15 is 0 Å². The molecule has 1 saturated carbocycles. The molecule has 0 heterocycles. The van der Waals surface area contributed by atoms with Crippen LogP contribution in [0.5, 0.6) is 0 Å². The van der Waals surface area contributed by atoms with Gasteiger partial charge < -0.3 is 15.4 Å². The smallest absolute Gasteiger partial charge is 0.313 e. The molecule has 126 valence electrons. The Bertz CT molecular complexity index is 545. The van der Waals surface area contributed by atoms with Crippen molar-refractivity contribution in [3.8, 4) is 0 Å². The highest BCUT2D eigenvalue weighted by atomic mass is 16.5. The van der Waals surface area contributed by atoms with Crippen LogP contribution in [-0.4, -0.2) is 25.0 Å². The van der Waals surface area contributed by atoms with Gasteiger partial charge in [-0.1, -0.05) is 44.4 Å². The second kappa shape index (κ2) is 8.67. The van der Waals surface area contributed by atoms with Crippen LogP contribution < -0.4 is 10.6 Å². The average Bonchev–Trinajstić information content (AvgIpc) is 2.57. The minimum absolute atomic E-state index is 0.112. The lowest BCUT2D eigenvalue weighted by Crippen LogP contribution is -2.43. The highest BCUT2D eigenvalue weighted by molar-refractivity contribution is 6.39. The zero-order valence-electron chi connectivity index (χ0n) is 13.9. The maximum Gasteiger partial charge on any atom is 0.313 e. The summed E-state index contributed by atoms with van der Waals surface area (Å²) in [5.74, 6) is -0.523. The fraction of sp³-hybridized carbons (Fsp3) is 0.556. The Hall–Kier alpha value is -1.88. The summed E-state index contributed by atoms with van der Waals surface area (Å²) < 4.78 is 5.10. The van der Waals surface area contributed by atoms with Gasteiger partial charge in [-0.05, 0) is 24.8 Å². The Morgan fingerprint density at radius 1 is 1.22 bits per heavy atom. The summed E-state index contributed by atoms with van der Waals surface area (Å²) in [4.78, 5) is 24.3. The van der Waals surface area contributed by atoms with E-state index in [1.807, 2.05) is 18.2 Å². The summed E-state index contributed by atoms with van der Waals surface area (Å²) in [5, 5.41) is 5.55. The number of methoxy groups -OCH3 is 1. The fourth-order valence-corrected chi connectivity index (χ4v) is 3.15. The number of para-hydroxylation sites is 1. The number of hydrogen-bond acceptors (Lipinski definition) is 3. The molecule has 2 unspecified atom stereocenters. The molecule has 5 heteroatoms. The number of benzene rings is 1. The van der Waals surface area contributed by atoms with Crippen molar-refractivity contribution in [3.05, 3.63) is 29.8 Å². The third kappa shape index (κ3) is 5.06. The van der Waals surface area contributed by atoms with Gasteiger partial charge in [0, 0.05) is 24.4 Å². The van der Waals surface area contributed by atoms with E-state index in [9.17, 15) is 9.59 Å². The summed E-state index contributed by atoms with van der Waals surface area (Å²) in [6.45, 7) is 2.56. The van der Waals surface area contributed by atoms with E-state index in [4.69, 9.17) is 4.74 Å². The lowest BCUT2D eigenvalue weighted by atomic mass is 9.84. The maximum atomic E-state index is 12.1. The van der Waals surface area contributed by atoms with Gasteiger partial charge in [0.05, 0.1) is 6.61 Å². The molecule has 0 spiro atoms. The van der Waals surface area contributed by atoms with Gasteiger partial charge in [0.25, 0.3) is 0 Å². The Morgan fingerprint density at radius 2 is 2.00 bits per heavy atom. The van der Waals surface area contributed by atoms with Crippen LogP contribution in [0.3, 0.4) is 0 Å². The lowest BCUT2D eigenvalue weighted by molar-refractivity contribution is -0.136. The minimum atomic E-state index is -0.618. The van der Waals surface area contributed by atoms with Crippen molar-refractivity contribution < 1.29 is 14.3 Å². The largest absolute Gasteiger partial charge is 0.380 e. The number of ether oxygens (including phenoxy) is 1. The maximum absolute atomic E-state index is 12.1. The summed E-state index contributed by atoms with van der Waals surface area (Å²) >= 11 is 0. The van der Waals surface area contributed by atoms with E-state index in [-0.39, 0.29) is 6.04 Å². The molecular formula is C18H26N2O3. The lowest BCUT2D eigenvalue weighted by Gasteiger charge is -2.28. The van der Waals surface area contributed by atoms with Crippen LogP contribution in [0.1, 0.15) is 44.6 Å². The second-order valence-electron chi connectivity index (χ2n) is 6.16. The molecule has 5 nitrogen and oxygen atoms in total. The summed E-state index contributed by atoms with van der Waals surface area (Å²) in [5.41, 5.74) is 1.46. The number of nitrogens with one attached hydrogen (secondary N) is 2. The first kappa shape index (κ1) is 17.5. The molecule has 1 aromatic carbocycles. The van der Waals surface area contributed by atoms with E-state index in [2.05, 4.69) is 17.6 Å². The van der Waals surface area contributed by atoms with Crippen LogP contribution in [0.15, 0.2) is 24.3 Å². The molecule has 1 fully saturated rings. The first-order valence-electron chi connectivity index (χ1n) is 8.32.